The number of hydrogen-bond donors (Lipinski definition) is 1. The van der Waals surface area contributed by atoms with Gasteiger partial charge in [0, 0.05) is 19.6 Å². The molecule has 1 atom stereocenters. The van der Waals surface area contributed by atoms with Crippen molar-refractivity contribution in [1.29, 1.82) is 0 Å². The van der Waals surface area contributed by atoms with E-state index < -0.39 is 10.0 Å². The van der Waals surface area contributed by atoms with Crippen LogP contribution in [0.4, 0.5) is 0 Å². The Balaban J connectivity index is 1.94. The normalized spacial score (nSPS) is 23.1. The summed E-state index contributed by atoms with van der Waals surface area (Å²) < 4.78 is 28.3. The largest absolute Gasteiger partial charge is 0.370 e. The lowest BCUT2D eigenvalue weighted by molar-refractivity contribution is -0.128. The highest BCUT2D eigenvalue weighted by atomic mass is 32.2. The van der Waals surface area contributed by atoms with Gasteiger partial charge < -0.3 is 4.74 Å². The molecule has 2 N–H and O–H groups in total. The van der Waals surface area contributed by atoms with Crippen molar-refractivity contribution in [3.05, 3.63) is 29.8 Å². The zero-order chi connectivity index (χ0) is 15.7. The van der Waals surface area contributed by atoms with Crippen LogP contribution in [0.15, 0.2) is 29.2 Å². The monoisotopic (exact) mass is 312 g/mol. The summed E-state index contributed by atoms with van der Waals surface area (Å²) in [4.78, 5) is 2.55. The third-order valence-electron chi connectivity index (χ3n) is 3.61. The smallest absolute Gasteiger partial charge is 0.238 e. The van der Waals surface area contributed by atoms with E-state index in [0.717, 1.165) is 31.6 Å². The maximum atomic E-state index is 11.2. The fourth-order valence-corrected chi connectivity index (χ4v) is 3.40. The number of hydrogen-bond acceptors (Lipinski definition) is 4. The maximum Gasteiger partial charge on any atom is 0.238 e. The van der Waals surface area contributed by atoms with Gasteiger partial charge in [-0.1, -0.05) is 12.1 Å². The van der Waals surface area contributed by atoms with Crippen LogP contribution in [-0.4, -0.2) is 44.7 Å². The minimum atomic E-state index is -3.60. The van der Waals surface area contributed by atoms with E-state index in [2.05, 4.69) is 25.7 Å². The van der Waals surface area contributed by atoms with Gasteiger partial charge in [0.2, 0.25) is 10.0 Å². The minimum Gasteiger partial charge on any atom is -0.370 e. The molecule has 1 heterocycles. The van der Waals surface area contributed by atoms with Crippen molar-refractivity contribution < 1.29 is 13.2 Å². The average Bonchev–Trinajstić information content (AvgIpc) is 2.33. The molecule has 1 aliphatic rings. The van der Waals surface area contributed by atoms with Crippen LogP contribution >= 0.6 is 0 Å². The molecule has 0 saturated carbocycles. The van der Waals surface area contributed by atoms with Crippen LogP contribution in [0.25, 0.3) is 0 Å². The fraction of sp³-hybridized carbons (Fsp3) is 0.600. The lowest BCUT2D eigenvalue weighted by atomic mass is 10.0. The molecule has 2 rings (SSSR count). The molecule has 0 bridgehead atoms. The van der Waals surface area contributed by atoms with Crippen molar-refractivity contribution in [2.24, 2.45) is 5.14 Å². The van der Waals surface area contributed by atoms with Crippen LogP contribution in [0.3, 0.4) is 0 Å². The third-order valence-corrected chi connectivity index (χ3v) is 4.54. The van der Waals surface area contributed by atoms with Crippen molar-refractivity contribution in [3.8, 4) is 0 Å². The lowest BCUT2D eigenvalue weighted by Crippen LogP contribution is -2.52. The van der Waals surface area contributed by atoms with E-state index in [1.54, 1.807) is 12.1 Å². The summed E-state index contributed by atoms with van der Waals surface area (Å²) in [6.07, 6.45) is 1.12. The summed E-state index contributed by atoms with van der Waals surface area (Å²) in [5, 5.41) is 5.09. The van der Waals surface area contributed by atoms with Gasteiger partial charge in [0.1, 0.15) is 0 Å². The average molecular weight is 312 g/mol. The lowest BCUT2D eigenvalue weighted by Gasteiger charge is -2.41. The van der Waals surface area contributed by atoms with Gasteiger partial charge in [-0.3, -0.25) is 4.90 Å². The molecule has 6 heteroatoms. The Labute approximate surface area is 127 Å². The highest BCUT2D eigenvalue weighted by molar-refractivity contribution is 7.89. The summed E-state index contributed by atoms with van der Waals surface area (Å²) in [6, 6.07) is 6.79. The second-order valence-corrected chi connectivity index (χ2v) is 7.92. The Morgan fingerprint density at radius 3 is 2.48 bits per heavy atom. The first kappa shape index (κ1) is 16.4. The molecular formula is C15H24N2O3S. The van der Waals surface area contributed by atoms with E-state index in [1.807, 2.05) is 12.1 Å². The number of rotatable bonds is 4. The Hall–Kier alpha value is -0.950. The number of morpholine rings is 1. The first-order valence-electron chi connectivity index (χ1n) is 7.18. The topological polar surface area (TPSA) is 72.6 Å². The molecule has 0 amide bonds. The second-order valence-electron chi connectivity index (χ2n) is 6.36. The van der Waals surface area contributed by atoms with Crippen LogP contribution in [0, 0.1) is 0 Å². The molecule has 0 spiro atoms. The molecule has 1 saturated heterocycles. The molecule has 1 aliphatic heterocycles. The van der Waals surface area contributed by atoms with Gasteiger partial charge in [-0.15, -0.1) is 0 Å². The Morgan fingerprint density at radius 2 is 1.95 bits per heavy atom. The molecule has 118 valence electrons. The van der Waals surface area contributed by atoms with Crippen LogP contribution in [0.2, 0.25) is 0 Å². The van der Waals surface area contributed by atoms with Gasteiger partial charge >= 0.3 is 0 Å². The Kier molecular flexibility index (Phi) is 4.72. The van der Waals surface area contributed by atoms with Crippen molar-refractivity contribution >= 4 is 10.0 Å². The third kappa shape index (κ3) is 4.78. The standard InChI is InChI=1S/C15H24N2O3S/c1-12-10-17(11-15(2,3)20-12)9-8-13-4-6-14(7-5-13)21(16,18)19/h4-7,12H,8-11H2,1-3H3,(H2,16,18,19)/t12-/m0/s1. The molecular weight excluding hydrogens is 288 g/mol. The number of nitrogens with zero attached hydrogens (tertiary/aromatic N) is 1. The predicted octanol–water partition coefficient (Wildman–Crippen LogP) is 1.38. The van der Waals surface area contributed by atoms with Gasteiger partial charge in [-0.25, -0.2) is 13.6 Å². The van der Waals surface area contributed by atoms with E-state index in [1.165, 1.54) is 0 Å². The fourth-order valence-electron chi connectivity index (χ4n) is 2.89. The highest BCUT2D eigenvalue weighted by Gasteiger charge is 2.30. The van der Waals surface area contributed by atoms with Crippen molar-refractivity contribution in [3.63, 3.8) is 0 Å². The molecule has 0 unspecified atom stereocenters. The Bertz CT molecular complexity index is 581. The molecule has 0 radical (unpaired) electrons. The maximum absolute atomic E-state index is 11.2. The van der Waals surface area contributed by atoms with Crippen molar-refractivity contribution in [1.82, 2.24) is 4.90 Å². The van der Waals surface area contributed by atoms with E-state index in [4.69, 9.17) is 9.88 Å². The molecule has 1 aromatic carbocycles. The minimum absolute atomic E-state index is 0.116. The van der Waals surface area contributed by atoms with E-state index in [0.29, 0.717) is 0 Å². The molecule has 5 nitrogen and oxygen atoms in total. The number of nitrogens with two attached hydrogens (primary N) is 1. The number of sulfonamides is 1. The van der Waals surface area contributed by atoms with Crippen LogP contribution < -0.4 is 5.14 Å². The quantitative estimate of drug-likeness (QED) is 0.911. The van der Waals surface area contributed by atoms with Gasteiger partial charge in [0.05, 0.1) is 16.6 Å². The molecule has 1 aromatic rings. The van der Waals surface area contributed by atoms with Crippen molar-refractivity contribution in [2.75, 3.05) is 19.6 Å². The van der Waals surface area contributed by atoms with Gasteiger partial charge in [0.25, 0.3) is 0 Å². The first-order valence-corrected chi connectivity index (χ1v) is 8.72. The van der Waals surface area contributed by atoms with E-state index >= 15 is 0 Å². The van der Waals surface area contributed by atoms with Crippen LogP contribution in [0.5, 0.6) is 0 Å². The number of primary sulfonamides is 1. The van der Waals surface area contributed by atoms with E-state index in [-0.39, 0.29) is 16.6 Å². The first-order chi connectivity index (χ1) is 9.66. The molecule has 1 fully saturated rings. The second kappa shape index (κ2) is 6.04. The molecule has 21 heavy (non-hydrogen) atoms. The summed E-state index contributed by atoms with van der Waals surface area (Å²) in [6.45, 7) is 9.08. The summed E-state index contributed by atoms with van der Waals surface area (Å²) >= 11 is 0. The van der Waals surface area contributed by atoms with Gasteiger partial charge in [0.15, 0.2) is 0 Å². The van der Waals surface area contributed by atoms with Crippen LogP contribution in [-0.2, 0) is 21.2 Å². The van der Waals surface area contributed by atoms with Crippen LogP contribution in [0.1, 0.15) is 26.3 Å². The summed E-state index contributed by atoms with van der Waals surface area (Å²) in [7, 11) is -3.60. The number of benzene rings is 1. The molecule has 0 aliphatic carbocycles. The van der Waals surface area contributed by atoms with Gasteiger partial charge in [-0.05, 0) is 44.9 Å². The summed E-state index contributed by atoms with van der Waals surface area (Å²) in [5.41, 5.74) is 0.995. The Morgan fingerprint density at radius 1 is 1.33 bits per heavy atom. The van der Waals surface area contributed by atoms with Gasteiger partial charge in [-0.2, -0.15) is 0 Å². The predicted molar refractivity (Wildman–Crippen MR) is 82.6 cm³/mol. The zero-order valence-corrected chi connectivity index (χ0v) is 13.7. The molecule has 0 aromatic heterocycles. The highest BCUT2D eigenvalue weighted by Crippen LogP contribution is 2.21. The van der Waals surface area contributed by atoms with Crippen molar-refractivity contribution in [2.45, 2.75) is 43.8 Å². The SMILES string of the molecule is C[C@H]1CN(CCc2ccc(S(N)(=O)=O)cc2)CC(C)(C)O1. The zero-order valence-electron chi connectivity index (χ0n) is 12.9. The number of ether oxygens (including phenoxy) is 1. The van der Waals surface area contributed by atoms with E-state index in [9.17, 15) is 8.42 Å². The summed E-state index contributed by atoms with van der Waals surface area (Å²) in [5.74, 6) is 0.